The van der Waals surface area contributed by atoms with Gasteiger partial charge in [0.25, 0.3) is 0 Å². The Morgan fingerprint density at radius 3 is 2.96 bits per heavy atom. The third kappa shape index (κ3) is 3.41. The van der Waals surface area contributed by atoms with Crippen molar-refractivity contribution < 1.29 is 18.7 Å². The van der Waals surface area contributed by atoms with Crippen LogP contribution in [-0.4, -0.2) is 37.9 Å². The summed E-state index contributed by atoms with van der Waals surface area (Å²) in [7, 11) is 0. The number of fused-ring (bicyclic) bond motifs is 1. The van der Waals surface area contributed by atoms with E-state index in [-0.39, 0.29) is 18.1 Å². The van der Waals surface area contributed by atoms with Crippen LogP contribution in [0, 0.1) is 13.8 Å². The van der Waals surface area contributed by atoms with Gasteiger partial charge >= 0.3 is 0 Å². The average Bonchev–Trinajstić information content (AvgIpc) is 3.07. The van der Waals surface area contributed by atoms with Gasteiger partial charge in [0.1, 0.15) is 11.7 Å². The highest BCUT2D eigenvalue weighted by atomic mass is 16.5. The highest BCUT2D eigenvalue weighted by Gasteiger charge is 2.30. The Kier molecular flexibility index (Phi) is 4.68. The molecule has 1 amide bonds. The molecule has 1 aromatic carbocycles. The van der Waals surface area contributed by atoms with Crippen LogP contribution < -0.4 is 5.32 Å². The summed E-state index contributed by atoms with van der Waals surface area (Å²) in [5.74, 6) is -0.0344. The lowest BCUT2D eigenvalue weighted by atomic mass is 10.0. The first-order chi connectivity index (χ1) is 11.1. The Balaban J connectivity index is 1.71. The van der Waals surface area contributed by atoms with Crippen LogP contribution in [0.1, 0.15) is 23.6 Å². The molecule has 23 heavy (non-hydrogen) atoms. The Hall–Kier alpha value is -1.85. The van der Waals surface area contributed by atoms with Crippen molar-refractivity contribution in [3.8, 4) is 0 Å². The second-order valence-electron chi connectivity index (χ2n) is 6.10. The second kappa shape index (κ2) is 6.72. The van der Waals surface area contributed by atoms with E-state index in [1.807, 2.05) is 26.8 Å². The summed E-state index contributed by atoms with van der Waals surface area (Å²) in [5, 5.41) is 4.05. The maximum absolute atomic E-state index is 12.4. The number of aryl methyl sites for hydroxylation is 2. The lowest BCUT2D eigenvalue weighted by molar-refractivity contribution is -0.121. The average molecular weight is 317 g/mol. The standard InChI is InChI=1S/C18H23NO4/c1-4-22-16-10-21-9-14(16)19-17(20)7-13-8-23-15-6-11(2)5-12(3)18(13)15/h5-6,8,14,16H,4,7,9-10H2,1-3H3,(H,19,20)/t14-,16-/m0/s1. The van der Waals surface area contributed by atoms with Gasteiger partial charge in [0.05, 0.1) is 31.9 Å². The van der Waals surface area contributed by atoms with E-state index in [9.17, 15) is 4.79 Å². The zero-order chi connectivity index (χ0) is 16.4. The Labute approximate surface area is 135 Å². The molecule has 2 aromatic rings. The van der Waals surface area contributed by atoms with Crippen molar-refractivity contribution in [3.63, 3.8) is 0 Å². The van der Waals surface area contributed by atoms with E-state index in [1.165, 1.54) is 0 Å². The molecule has 0 saturated carbocycles. The number of carbonyl (C=O) groups is 1. The second-order valence-corrected chi connectivity index (χ2v) is 6.10. The number of ether oxygens (including phenoxy) is 2. The zero-order valence-corrected chi connectivity index (χ0v) is 13.8. The van der Waals surface area contributed by atoms with Crippen LogP contribution in [0.2, 0.25) is 0 Å². The molecular formula is C18H23NO4. The first kappa shape index (κ1) is 16.0. The maximum atomic E-state index is 12.4. The quantitative estimate of drug-likeness (QED) is 0.920. The van der Waals surface area contributed by atoms with E-state index in [0.29, 0.717) is 26.2 Å². The molecule has 1 aliphatic rings. The van der Waals surface area contributed by atoms with E-state index < -0.39 is 0 Å². The molecule has 2 atom stereocenters. The minimum absolute atomic E-state index is 0.0344. The number of hydrogen-bond donors (Lipinski definition) is 1. The van der Waals surface area contributed by atoms with Crippen LogP contribution >= 0.6 is 0 Å². The first-order valence-corrected chi connectivity index (χ1v) is 8.04. The number of furan rings is 1. The van der Waals surface area contributed by atoms with Crippen molar-refractivity contribution >= 4 is 16.9 Å². The number of amides is 1. The van der Waals surface area contributed by atoms with Crippen LogP contribution in [0.3, 0.4) is 0 Å². The number of nitrogens with one attached hydrogen (secondary N) is 1. The van der Waals surface area contributed by atoms with Gasteiger partial charge in [-0.2, -0.15) is 0 Å². The van der Waals surface area contributed by atoms with Crippen molar-refractivity contribution in [2.75, 3.05) is 19.8 Å². The Morgan fingerprint density at radius 1 is 1.35 bits per heavy atom. The molecule has 1 aromatic heterocycles. The molecule has 1 saturated heterocycles. The predicted octanol–water partition coefficient (Wildman–Crippen LogP) is 2.51. The van der Waals surface area contributed by atoms with Gasteiger partial charge in [-0.15, -0.1) is 0 Å². The molecule has 0 unspecified atom stereocenters. The largest absolute Gasteiger partial charge is 0.464 e. The number of benzene rings is 1. The lowest BCUT2D eigenvalue weighted by Gasteiger charge is -2.18. The monoisotopic (exact) mass is 317 g/mol. The third-order valence-corrected chi connectivity index (χ3v) is 4.20. The number of carbonyl (C=O) groups excluding carboxylic acids is 1. The molecule has 5 heteroatoms. The van der Waals surface area contributed by atoms with Crippen molar-refractivity contribution in [3.05, 3.63) is 35.1 Å². The summed E-state index contributed by atoms with van der Waals surface area (Å²) in [6.07, 6.45) is 1.92. The molecule has 0 bridgehead atoms. The van der Waals surface area contributed by atoms with Crippen LogP contribution in [0.4, 0.5) is 0 Å². The summed E-state index contributed by atoms with van der Waals surface area (Å²) in [6, 6.07) is 4.03. The Morgan fingerprint density at radius 2 is 2.17 bits per heavy atom. The fraction of sp³-hybridized carbons (Fsp3) is 0.500. The van der Waals surface area contributed by atoms with E-state index in [1.54, 1.807) is 6.26 Å². The van der Waals surface area contributed by atoms with Gasteiger partial charge in [-0.1, -0.05) is 6.07 Å². The summed E-state index contributed by atoms with van der Waals surface area (Å²) >= 11 is 0. The number of hydrogen-bond acceptors (Lipinski definition) is 4. The smallest absolute Gasteiger partial charge is 0.224 e. The lowest BCUT2D eigenvalue weighted by Crippen LogP contribution is -2.44. The molecule has 124 valence electrons. The van der Waals surface area contributed by atoms with Gasteiger partial charge in [0.15, 0.2) is 0 Å². The van der Waals surface area contributed by atoms with Gasteiger partial charge in [0.2, 0.25) is 5.91 Å². The van der Waals surface area contributed by atoms with Crippen LogP contribution in [0.25, 0.3) is 11.0 Å². The van der Waals surface area contributed by atoms with Gasteiger partial charge < -0.3 is 19.2 Å². The fourth-order valence-electron chi connectivity index (χ4n) is 3.24. The highest BCUT2D eigenvalue weighted by Crippen LogP contribution is 2.26. The molecule has 1 aliphatic heterocycles. The summed E-state index contributed by atoms with van der Waals surface area (Å²) < 4.78 is 16.6. The molecular weight excluding hydrogens is 294 g/mol. The van der Waals surface area contributed by atoms with Gasteiger partial charge in [-0.3, -0.25) is 4.79 Å². The van der Waals surface area contributed by atoms with Crippen molar-refractivity contribution in [2.24, 2.45) is 0 Å². The fourth-order valence-corrected chi connectivity index (χ4v) is 3.24. The van der Waals surface area contributed by atoms with E-state index in [2.05, 4.69) is 11.4 Å². The molecule has 2 heterocycles. The normalized spacial score (nSPS) is 21.0. The maximum Gasteiger partial charge on any atom is 0.224 e. The molecule has 3 rings (SSSR count). The minimum Gasteiger partial charge on any atom is -0.464 e. The Bertz CT molecular complexity index is 706. The van der Waals surface area contributed by atoms with E-state index >= 15 is 0 Å². The van der Waals surface area contributed by atoms with Gasteiger partial charge in [0, 0.05) is 17.6 Å². The zero-order valence-electron chi connectivity index (χ0n) is 13.8. The van der Waals surface area contributed by atoms with Crippen molar-refractivity contribution in [1.82, 2.24) is 5.32 Å². The predicted molar refractivity (Wildman–Crippen MR) is 87.6 cm³/mol. The highest BCUT2D eigenvalue weighted by molar-refractivity contribution is 5.90. The molecule has 1 fully saturated rings. The summed E-state index contributed by atoms with van der Waals surface area (Å²) in [5.41, 5.74) is 4.04. The SMILES string of the molecule is CCO[C@H]1COC[C@@H]1NC(=O)Cc1coc2cc(C)cc(C)c12. The molecule has 0 spiro atoms. The molecule has 1 N–H and O–H groups in total. The number of rotatable bonds is 5. The van der Waals surface area contributed by atoms with Crippen LogP contribution in [0.15, 0.2) is 22.8 Å². The first-order valence-electron chi connectivity index (χ1n) is 8.04. The van der Waals surface area contributed by atoms with Gasteiger partial charge in [-0.25, -0.2) is 0 Å². The van der Waals surface area contributed by atoms with Gasteiger partial charge in [-0.05, 0) is 38.0 Å². The third-order valence-electron chi connectivity index (χ3n) is 4.20. The van der Waals surface area contributed by atoms with Crippen LogP contribution in [-0.2, 0) is 20.7 Å². The summed E-state index contributed by atoms with van der Waals surface area (Å²) in [4.78, 5) is 12.4. The van der Waals surface area contributed by atoms with E-state index in [4.69, 9.17) is 13.9 Å². The topological polar surface area (TPSA) is 60.7 Å². The summed E-state index contributed by atoms with van der Waals surface area (Å²) in [6.45, 7) is 7.68. The van der Waals surface area contributed by atoms with E-state index in [0.717, 1.165) is 27.7 Å². The molecule has 0 aliphatic carbocycles. The minimum atomic E-state index is -0.0797. The van der Waals surface area contributed by atoms with Crippen LogP contribution in [0.5, 0.6) is 0 Å². The van der Waals surface area contributed by atoms with Crippen molar-refractivity contribution in [1.29, 1.82) is 0 Å². The van der Waals surface area contributed by atoms with Crippen molar-refractivity contribution in [2.45, 2.75) is 39.3 Å². The molecule has 0 radical (unpaired) electrons. The molecule has 5 nitrogen and oxygen atoms in total.